The van der Waals surface area contributed by atoms with Gasteiger partial charge in [0.05, 0.1) is 29.9 Å². The van der Waals surface area contributed by atoms with Crippen molar-refractivity contribution < 1.29 is 13.2 Å². The number of aryl methyl sites for hydroxylation is 1. The summed E-state index contributed by atoms with van der Waals surface area (Å²) in [4.78, 5) is 0. The molecule has 2 heterocycles. The van der Waals surface area contributed by atoms with Crippen molar-refractivity contribution in [3.8, 4) is 0 Å². The second kappa shape index (κ2) is 6.55. The summed E-state index contributed by atoms with van der Waals surface area (Å²) in [5.41, 5.74) is 2.41. The number of aromatic nitrogens is 2. The Morgan fingerprint density at radius 3 is 2.83 bits per heavy atom. The molecule has 1 aliphatic heterocycles. The average Bonchev–Trinajstić information content (AvgIpc) is 3.17. The highest BCUT2D eigenvalue weighted by molar-refractivity contribution is 7.95. The molecule has 1 saturated heterocycles. The van der Waals surface area contributed by atoms with Gasteiger partial charge in [-0.2, -0.15) is 5.10 Å². The van der Waals surface area contributed by atoms with Crippen molar-refractivity contribution in [2.75, 3.05) is 17.9 Å². The summed E-state index contributed by atoms with van der Waals surface area (Å²) in [5, 5.41) is 5.36. The lowest BCUT2D eigenvalue weighted by molar-refractivity contribution is 0.184. The molecule has 0 aliphatic carbocycles. The van der Waals surface area contributed by atoms with Crippen LogP contribution in [-0.4, -0.2) is 31.4 Å². The molecule has 1 atom stereocenters. The van der Waals surface area contributed by atoms with Crippen molar-refractivity contribution in [3.63, 3.8) is 0 Å². The number of rotatable bonds is 5. The molecule has 6 nitrogen and oxygen atoms in total. The molecule has 0 bridgehead atoms. The van der Waals surface area contributed by atoms with Crippen molar-refractivity contribution in [3.05, 3.63) is 53.2 Å². The third-order valence-electron chi connectivity index (χ3n) is 3.66. The van der Waals surface area contributed by atoms with Gasteiger partial charge in [0.25, 0.3) is 10.0 Å². The van der Waals surface area contributed by atoms with Crippen LogP contribution in [0.1, 0.15) is 23.6 Å². The standard InChI is InChI=1S/C16H19N3O3S/c1-13-2-4-14(5-3-13)7-9-23(20,21)18-15-10-17-19(11-15)16-6-8-22-12-16/h2-5,7,9-11,16,18H,6,8,12H2,1H3/b9-7+. The van der Waals surface area contributed by atoms with Crippen molar-refractivity contribution in [1.82, 2.24) is 9.78 Å². The largest absolute Gasteiger partial charge is 0.379 e. The number of hydrogen-bond donors (Lipinski definition) is 1. The van der Waals surface area contributed by atoms with Gasteiger partial charge in [-0.25, -0.2) is 8.42 Å². The van der Waals surface area contributed by atoms with Crippen LogP contribution >= 0.6 is 0 Å². The van der Waals surface area contributed by atoms with Gasteiger partial charge in [0.2, 0.25) is 0 Å². The smallest absolute Gasteiger partial charge is 0.255 e. The van der Waals surface area contributed by atoms with Gasteiger partial charge in [-0.15, -0.1) is 0 Å². The van der Waals surface area contributed by atoms with Crippen LogP contribution in [0.5, 0.6) is 0 Å². The lowest BCUT2D eigenvalue weighted by Crippen LogP contribution is -2.10. The topological polar surface area (TPSA) is 73.2 Å². The van der Waals surface area contributed by atoms with E-state index >= 15 is 0 Å². The molecule has 1 aliphatic rings. The summed E-state index contributed by atoms with van der Waals surface area (Å²) in [6, 6.07) is 7.80. The molecule has 1 aromatic carbocycles. The zero-order valence-corrected chi connectivity index (χ0v) is 13.7. The minimum Gasteiger partial charge on any atom is -0.379 e. The lowest BCUT2D eigenvalue weighted by atomic mass is 10.2. The number of anilines is 1. The number of benzene rings is 1. The first-order chi connectivity index (χ1) is 11.0. The maximum atomic E-state index is 12.1. The van der Waals surface area contributed by atoms with Crippen LogP contribution in [0.15, 0.2) is 42.1 Å². The monoisotopic (exact) mass is 333 g/mol. The third-order valence-corrected chi connectivity index (χ3v) is 4.67. The summed E-state index contributed by atoms with van der Waals surface area (Å²) < 4.78 is 33.8. The minimum atomic E-state index is -3.57. The van der Waals surface area contributed by atoms with Crippen LogP contribution in [0.4, 0.5) is 5.69 Å². The van der Waals surface area contributed by atoms with Crippen LogP contribution in [0.2, 0.25) is 0 Å². The first-order valence-electron chi connectivity index (χ1n) is 7.41. The minimum absolute atomic E-state index is 0.177. The van der Waals surface area contributed by atoms with Gasteiger partial charge < -0.3 is 4.74 Å². The molecule has 7 heteroatoms. The fourth-order valence-electron chi connectivity index (χ4n) is 2.37. The molecule has 122 valence electrons. The average molecular weight is 333 g/mol. The van der Waals surface area contributed by atoms with Crippen LogP contribution in [0, 0.1) is 6.92 Å². The summed E-state index contributed by atoms with van der Waals surface area (Å²) in [5.74, 6) is 0. The SMILES string of the molecule is Cc1ccc(/C=C/S(=O)(=O)Nc2cnn(C3CCOC3)c2)cc1. The highest BCUT2D eigenvalue weighted by Crippen LogP contribution is 2.20. The van der Waals surface area contributed by atoms with Crippen LogP contribution in [0.3, 0.4) is 0 Å². The fourth-order valence-corrected chi connectivity index (χ4v) is 3.20. The third kappa shape index (κ3) is 4.20. The van der Waals surface area contributed by atoms with Crippen LogP contribution < -0.4 is 4.72 Å². The highest BCUT2D eigenvalue weighted by Gasteiger charge is 2.18. The van der Waals surface area contributed by atoms with Gasteiger partial charge in [-0.05, 0) is 25.0 Å². The van der Waals surface area contributed by atoms with E-state index in [9.17, 15) is 8.42 Å². The molecular weight excluding hydrogens is 314 g/mol. The van der Waals surface area contributed by atoms with E-state index in [1.165, 1.54) is 6.20 Å². The first-order valence-corrected chi connectivity index (χ1v) is 8.96. The first kappa shape index (κ1) is 15.8. The van der Waals surface area contributed by atoms with Crippen molar-refractivity contribution in [1.29, 1.82) is 0 Å². The molecule has 0 spiro atoms. The Balaban J connectivity index is 1.67. The Labute approximate surface area is 135 Å². The molecule has 0 radical (unpaired) electrons. The Morgan fingerprint density at radius 2 is 2.13 bits per heavy atom. The zero-order chi connectivity index (χ0) is 16.3. The van der Waals surface area contributed by atoms with Crippen LogP contribution in [-0.2, 0) is 14.8 Å². The Bertz CT molecular complexity index is 788. The van der Waals surface area contributed by atoms with Crippen LogP contribution in [0.25, 0.3) is 6.08 Å². The van der Waals surface area contributed by atoms with E-state index in [1.807, 2.05) is 31.2 Å². The summed E-state index contributed by atoms with van der Waals surface area (Å²) in [6.07, 6.45) is 5.66. The number of nitrogens with zero attached hydrogens (tertiary/aromatic N) is 2. The quantitative estimate of drug-likeness (QED) is 0.913. The fraction of sp³-hybridized carbons (Fsp3) is 0.312. The molecule has 1 N–H and O–H groups in total. The Hall–Kier alpha value is -2.12. The number of sulfonamides is 1. The molecule has 3 rings (SSSR count). The van der Waals surface area contributed by atoms with Crippen molar-refractivity contribution in [2.45, 2.75) is 19.4 Å². The Morgan fingerprint density at radius 1 is 1.35 bits per heavy atom. The molecule has 0 saturated carbocycles. The van der Waals surface area contributed by atoms with E-state index in [2.05, 4.69) is 9.82 Å². The predicted molar refractivity (Wildman–Crippen MR) is 89.5 cm³/mol. The maximum absolute atomic E-state index is 12.1. The maximum Gasteiger partial charge on any atom is 0.255 e. The van der Waals surface area contributed by atoms with Gasteiger partial charge >= 0.3 is 0 Å². The predicted octanol–water partition coefficient (Wildman–Crippen LogP) is 2.57. The van der Waals surface area contributed by atoms with Gasteiger partial charge in [0.1, 0.15) is 0 Å². The van der Waals surface area contributed by atoms with Crippen molar-refractivity contribution >= 4 is 21.8 Å². The van der Waals surface area contributed by atoms with Crippen molar-refractivity contribution in [2.24, 2.45) is 0 Å². The van der Waals surface area contributed by atoms with E-state index in [0.29, 0.717) is 18.9 Å². The second-order valence-corrected chi connectivity index (χ2v) is 7.15. The molecule has 2 aromatic rings. The van der Waals surface area contributed by atoms with Gasteiger partial charge in [-0.1, -0.05) is 29.8 Å². The van der Waals surface area contributed by atoms with E-state index in [1.54, 1.807) is 17.0 Å². The van der Waals surface area contributed by atoms with Gasteiger partial charge in [0, 0.05) is 12.8 Å². The molecule has 1 aromatic heterocycles. The molecule has 1 unspecified atom stereocenters. The van der Waals surface area contributed by atoms with E-state index in [-0.39, 0.29) is 6.04 Å². The van der Waals surface area contributed by atoms with Gasteiger partial charge in [-0.3, -0.25) is 9.40 Å². The summed E-state index contributed by atoms with van der Waals surface area (Å²) >= 11 is 0. The molecule has 0 amide bonds. The number of hydrogen-bond acceptors (Lipinski definition) is 4. The van der Waals surface area contributed by atoms with Gasteiger partial charge in [0.15, 0.2) is 0 Å². The second-order valence-electron chi connectivity index (χ2n) is 5.59. The molecule has 1 fully saturated rings. The number of ether oxygens (including phenoxy) is 1. The summed E-state index contributed by atoms with van der Waals surface area (Å²) in [7, 11) is -3.57. The van der Waals surface area contributed by atoms with E-state index < -0.39 is 10.0 Å². The summed E-state index contributed by atoms with van der Waals surface area (Å²) in [6.45, 7) is 3.31. The lowest BCUT2D eigenvalue weighted by Gasteiger charge is -2.06. The Kier molecular flexibility index (Phi) is 4.49. The van der Waals surface area contributed by atoms with E-state index in [4.69, 9.17) is 4.74 Å². The highest BCUT2D eigenvalue weighted by atomic mass is 32.2. The zero-order valence-electron chi connectivity index (χ0n) is 12.8. The number of nitrogens with one attached hydrogen (secondary N) is 1. The normalized spacial score (nSPS) is 18.6. The molecule has 23 heavy (non-hydrogen) atoms. The van der Waals surface area contributed by atoms with E-state index in [0.717, 1.165) is 23.0 Å². The molecular formula is C16H19N3O3S.